The SMILES string of the molecule is C=CCOc1c(CC=C)cc(/C=C(\C#N)C(=O)Nc2ccc(Cl)cc2)cc1OC. The quantitative estimate of drug-likeness (QED) is 0.352. The van der Waals surface area contributed by atoms with Crippen molar-refractivity contribution in [2.75, 3.05) is 19.0 Å². The summed E-state index contributed by atoms with van der Waals surface area (Å²) in [6.07, 6.45) is 5.41. The highest BCUT2D eigenvalue weighted by molar-refractivity contribution is 6.30. The molecule has 0 aliphatic heterocycles. The second kappa shape index (κ2) is 10.7. The average Bonchev–Trinajstić information content (AvgIpc) is 2.72. The minimum absolute atomic E-state index is 0.0497. The maximum absolute atomic E-state index is 12.5. The molecule has 0 heterocycles. The van der Waals surface area contributed by atoms with Crippen LogP contribution >= 0.6 is 11.6 Å². The molecule has 0 fully saturated rings. The predicted molar refractivity (Wildman–Crippen MR) is 116 cm³/mol. The number of carbonyl (C=O) groups excluding carboxylic acids is 1. The first-order valence-corrected chi connectivity index (χ1v) is 9.14. The molecular formula is C23H21ClN2O3. The first-order chi connectivity index (χ1) is 14.0. The normalized spacial score (nSPS) is 10.6. The van der Waals surface area contributed by atoms with Crippen LogP contribution in [0.2, 0.25) is 5.02 Å². The van der Waals surface area contributed by atoms with Crippen LogP contribution in [0.5, 0.6) is 11.5 Å². The maximum atomic E-state index is 12.5. The van der Waals surface area contributed by atoms with Crippen molar-refractivity contribution >= 4 is 29.3 Å². The Labute approximate surface area is 175 Å². The number of ether oxygens (including phenoxy) is 2. The molecule has 0 aliphatic rings. The number of methoxy groups -OCH3 is 1. The zero-order chi connectivity index (χ0) is 21.2. The second-order valence-corrected chi connectivity index (χ2v) is 6.37. The molecule has 5 nitrogen and oxygen atoms in total. The molecule has 1 N–H and O–H groups in total. The summed E-state index contributed by atoms with van der Waals surface area (Å²) in [5, 5.41) is 12.7. The van der Waals surface area contributed by atoms with Crippen LogP contribution < -0.4 is 14.8 Å². The van der Waals surface area contributed by atoms with Crippen LogP contribution in [0.15, 0.2) is 67.3 Å². The predicted octanol–water partition coefficient (Wildman–Crippen LogP) is 5.19. The lowest BCUT2D eigenvalue weighted by Crippen LogP contribution is -2.13. The first-order valence-electron chi connectivity index (χ1n) is 8.76. The van der Waals surface area contributed by atoms with Gasteiger partial charge in [-0.25, -0.2) is 0 Å². The van der Waals surface area contributed by atoms with Gasteiger partial charge in [-0.2, -0.15) is 5.26 Å². The number of hydrogen-bond donors (Lipinski definition) is 1. The van der Waals surface area contributed by atoms with Crippen molar-refractivity contribution in [2.45, 2.75) is 6.42 Å². The smallest absolute Gasteiger partial charge is 0.266 e. The number of hydrogen-bond acceptors (Lipinski definition) is 4. The molecule has 2 rings (SSSR count). The van der Waals surface area contributed by atoms with Crippen LogP contribution in [0, 0.1) is 11.3 Å². The molecule has 0 aromatic heterocycles. The van der Waals surface area contributed by atoms with Gasteiger partial charge in [-0.3, -0.25) is 4.79 Å². The zero-order valence-corrected chi connectivity index (χ0v) is 16.8. The van der Waals surface area contributed by atoms with Gasteiger partial charge in [-0.15, -0.1) is 6.58 Å². The van der Waals surface area contributed by atoms with E-state index in [4.69, 9.17) is 21.1 Å². The van der Waals surface area contributed by atoms with Crippen molar-refractivity contribution in [1.82, 2.24) is 0 Å². The summed E-state index contributed by atoms with van der Waals surface area (Å²) in [6, 6.07) is 12.1. The van der Waals surface area contributed by atoms with Crippen LogP contribution in [0.1, 0.15) is 11.1 Å². The van der Waals surface area contributed by atoms with Crippen molar-refractivity contribution in [3.8, 4) is 17.6 Å². The number of carbonyl (C=O) groups is 1. The highest BCUT2D eigenvalue weighted by Gasteiger charge is 2.14. The Bertz CT molecular complexity index is 973. The molecule has 29 heavy (non-hydrogen) atoms. The molecule has 0 bridgehead atoms. The highest BCUT2D eigenvalue weighted by Crippen LogP contribution is 2.34. The monoisotopic (exact) mass is 408 g/mol. The molecule has 0 aliphatic carbocycles. The third-order valence-electron chi connectivity index (χ3n) is 3.86. The molecule has 1 amide bonds. The molecule has 0 unspecified atom stereocenters. The number of amides is 1. The van der Waals surface area contributed by atoms with E-state index in [1.807, 2.05) is 12.1 Å². The molecule has 6 heteroatoms. The third-order valence-corrected chi connectivity index (χ3v) is 4.11. The molecule has 2 aromatic rings. The van der Waals surface area contributed by atoms with E-state index in [9.17, 15) is 10.1 Å². The van der Waals surface area contributed by atoms with Gasteiger partial charge in [-0.05, 0) is 54.5 Å². The van der Waals surface area contributed by atoms with Crippen LogP contribution in [-0.4, -0.2) is 19.6 Å². The number of nitriles is 1. The van der Waals surface area contributed by atoms with Crippen LogP contribution in [0.25, 0.3) is 6.08 Å². The topological polar surface area (TPSA) is 71.3 Å². The Hall–Kier alpha value is -3.49. The van der Waals surface area contributed by atoms with E-state index in [0.717, 1.165) is 5.56 Å². The van der Waals surface area contributed by atoms with Gasteiger partial charge < -0.3 is 14.8 Å². The molecule has 0 spiro atoms. The Balaban J connectivity index is 2.38. The van der Waals surface area contributed by atoms with E-state index in [0.29, 0.717) is 40.8 Å². The van der Waals surface area contributed by atoms with E-state index in [1.54, 1.807) is 42.5 Å². The Kier molecular flexibility index (Phi) is 8.08. The number of anilines is 1. The summed E-state index contributed by atoms with van der Waals surface area (Å²) in [7, 11) is 1.53. The van der Waals surface area contributed by atoms with Gasteiger partial charge in [0.25, 0.3) is 5.91 Å². The molecule has 0 saturated carbocycles. The number of rotatable bonds is 9. The fraction of sp³-hybridized carbons (Fsp3) is 0.130. The number of nitrogens with zero attached hydrogens (tertiary/aromatic N) is 1. The van der Waals surface area contributed by atoms with E-state index in [1.165, 1.54) is 13.2 Å². The van der Waals surface area contributed by atoms with E-state index >= 15 is 0 Å². The largest absolute Gasteiger partial charge is 0.493 e. The minimum atomic E-state index is -0.522. The summed E-state index contributed by atoms with van der Waals surface area (Å²) in [4.78, 5) is 12.5. The number of allylic oxidation sites excluding steroid dienone is 1. The van der Waals surface area contributed by atoms with Gasteiger partial charge >= 0.3 is 0 Å². The zero-order valence-electron chi connectivity index (χ0n) is 16.1. The van der Waals surface area contributed by atoms with Crippen molar-refractivity contribution in [2.24, 2.45) is 0 Å². The lowest BCUT2D eigenvalue weighted by Gasteiger charge is -2.15. The standard InChI is InChI=1S/C23H21ClN2O3/c1-4-6-17-12-16(14-21(28-3)22(17)29-11-5-2)13-18(15-25)23(27)26-20-9-7-19(24)8-10-20/h4-5,7-10,12-14H,1-2,6,11H2,3H3,(H,26,27)/b18-13+. The lowest BCUT2D eigenvalue weighted by atomic mass is 10.0. The Morgan fingerprint density at radius 3 is 2.55 bits per heavy atom. The summed E-state index contributed by atoms with van der Waals surface area (Å²) in [5.41, 5.74) is 1.94. The van der Waals surface area contributed by atoms with E-state index in [2.05, 4.69) is 18.5 Å². The highest BCUT2D eigenvalue weighted by atomic mass is 35.5. The summed E-state index contributed by atoms with van der Waals surface area (Å²) in [5.74, 6) is 0.549. The molecule has 0 radical (unpaired) electrons. The van der Waals surface area contributed by atoms with Crippen LogP contribution in [0.4, 0.5) is 5.69 Å². The Morgan fingerprint density at radius 1 is 1.24 bits per heavy atom. The van der Waals surface area contributed by atoms with E-state index < -0.39 is 5.91 Å². The van der Waals surface area contributed by atoms with E-state index in [-0.39, 0.29) is 5.57 Å². The number of halogens is 1. The molecule has 0 saturated heterocycles. The van der Waals surface area contributed by atoms with Crippen molar-refractivity contribution in [3.05, 3.63) is 83.4 Å². The minimum Gasteiger partial charge on any atom is -0.493 e. The number of benzene rings is 2. The van der Waals surface area contributed by atoms with Gasteiger partial charge in [0.15, 0.2) is 11.5 Å². The van der Waals surface area contributed by atoms with Crippen LogP contribution in [0.3, 0.4) is 0 Å². The first kappa shape index (κ1) is 21.8. The van der Waals surface area contributed by atoms with Crippen molar-refractivity contribution < 1.29 is 14.3 Å². The van der Waals surface area contributed by atoms with Gasteiger partial charge in [0.1, 0.15) is 18.2 Å². The molecule has 2 aromatic carbocycles. The fourth-order valence-corrected chi connectivity index (χ4v) is 2.70. The van der Waals surface area contributed by atoms with Gasteiger partial charge in [0.05, 0.1) is 7.11 Å². The third kappa shape index (κ3) is 6.00. The van der Waals surface area contributed by atoms with Gasteiger partial charge in [0.2, 0.25) is 0 Å². The molecule has 0 atom stereocenters. The lowest BCUT2D eigenvalue weighted by molar-refractivity contribution is -0.112. The summed E-state index contributed by atoms with van der Waals surface area (Å²) < 4.78 is 11.2. The molecule has 148 valence electrons. The fourth-order valence-electron chi connectivity index (χ4n) is 2.58. The van der Waals surface area contributed by atoms with Crippen LogP contribution in [-0.2, 0) is 11.2 Å². The Morgan fingerprint density at radius 2 is 1.97 bits per heavy atom. The molecular weight excluding hydrogens is 388 g/mol. The number of nitrogens with one attached hydrogen (secondary N) is 1. The van der Waals surface area contributed by atoms with Crippen molar-refractivity contribution in [1.29, 1.82) is 5.26 Å². The van der Waals surface area contributed by atoms with Crippen molar-refractivity contribution in [3.63, 3.8) is 0 Å². The average molecular weight is 409 g/mol. The maximum Gasteiger partial charge on any atom is 0.266 e. The summed E-state index contributed by atoms with van der Waals surface area (Å²) in [6.45, 7) is 7.74. The van der Waals surface area contributed by atoms with Gasteiger partial charge in [0, 0.05) is 16.3 Å². The van der Waals surface area contributed by atoms with Gasteiger partial charge in [-0.1, -0.05) is 30.3 Å². The summed E-state index contributed by atoms with van der Waals surface area (Å²) >= 11 is 5.85. The second-order valence-electron chi connectivity index (χ2n) is 5.93.